The summed E-state index contributed by atoms with van der Waals surface area (Å²) >= 11 is 0. The molecule has 0 aliphatic heterocycles. The average Bonchev–Trinajstić information content (AvgIpc) is 2.27. The van der Waals surface area contributed by atoms with Crippen LogP contribution in [0.4, 0.5) is 0 Å². The zero-order valence-corrected chi connectivity index (χ0v) is 12.3. The highest BCUT2D eigenvalue weighted by molar-refractivity contribution is 4.59. The van der Waals surface area contributed by atoms with Crippen LogP contribution in [0.3, 0.4) is 0 Å². The summed E-state index contributed by atoms with van der Waals surface area (Å²) in [6.45, 7) is 15.4. The van der Waals surface area contributed by atoms with E-state index in [1.807, 2.05) is 0 Å². The summed E-state index contributed by atoms with van der Waals surface area (Å²) in [6, 6.07) is 0. The Hall–Kier alpha value is -0.0400. The Labute approximate surface area is 104 Å². The molecule has 16 heavy (non-hydrogen) atoms. The molecule has 0 bridgehead atoms. The van der Waals surface area contributed by atoms with Crippen molar-refractivity contribution >= 4 is 0 Å². The molecule has 0 aromatic rings. The number of unbranched alkanes of at least 4 members (excludes halogenated alkanes) is 1. The van der Waals surface area contributed by atoms with Gasteiger partial charge in [-0.2, -0.15) is 0 Å². The van der Waals surface area contributed by atoms with Crippen LogP contribution in [0.25, 0.3) is 0 Å². The lowest BCUT2D eigenvalue weighted by atomic mass is 10.0. The van der Waals surface area contributed by atoms with Gasteiger partial charge in [-0.15, -0.1) is 0 Å². The van der Waals surface area contributed by atoms with Crippen molar-refractivity contribution in [2.24, 2.45) is 11.8 Å². The summed E-state index contributed by atoms with van der Waals surface area (Å²) in [4.78, 5) is 2.62. The van der Waals surface area contributed by atoms with Crippen LogP contribution in [0, 0.1) is 11.8 Å². The minimum Gasteiger partial charge on any atom is -0.304 e. The van der Waals surface area contributed by atoms with Gasteiger partial charge in [0.25, 0.3) is 0 Å². The van der Waals surface area contributed by atoms with Gasteiger partial charge in [-0.05, 0) is 44.3 Å². The lowest BCUT2D eigenvalue weighted by Gasteiger charge is -2.22. The van der Waals surface area contributed by atoms with Crippen LogP contribution >= 0.6 is 0 Å². The topological polar surface area (TPSA) is 3.24 Å². The van der Waals surface area contributed by atoms with Crippen molar-refractivity contribution in [1.29, 1.82) is 0 Å². The van der Waals surface area contributed by atoms with Crippen LogP contribution < -0.4 is 0 Å². The number of nitrogens with zero attached hydrogens (tertiary/aromatic N) is 1. The number of rotatable bonds is 10. The molecule has 0 heterocycles. The number of hydrogen-bond acceptors (Lipinski definition) is 1. The first-order valence-corrected chi connectivity index (χ1v) is 7.32. The molecule has 0 radical (unpaired) electrons. The zero-order chi connectivity index (χ0) is 12.4. The average molecular weight is 227 g/mol. The molecule has 0 amide bonds. The minimum absolute atomic E-state index is 0.871. The molecule has 0 aliphatic rings. The zero-order valence-electron chi connectivity index (χ0n) is 12.3. The van der Waals surface area contributed by atoms with Crippen LogP contribution in [0.15, 0.2) is 0 Å². The van der Waals surface area contributed by atoms with E-state index in [1.165, 1.54) is 51.7 Å². The fourth-order valence-corrected chi connectivity index (χ4v) is 1.92. The minimum atomic E-state index is 0.871. The van der Waals surface area contributed by atoms with Crippen molar-refractivity contribution in [3.8, 4) is 0 Å². The lowest BCUT2D eigenvalue weighted by Crippen LogP contribution is -2.26. The van der Waals surface area contributed by atoms with E-state index in [0.717, 1.165) is 11.8 Å². The second-order valence-electron chi connectivity index (χ2n) is 5.63. The second kappa shape index (κ2) is 10.1. The van der Waals surface area contributed by atoms with Crippen LogP contribution in [-0.2, 0) is 0 Å². The van der Waals surface area contributed by atoms with Crippen LogP contribution in [0.2, 0.25) is 0 Å². The van der Waals surface area contributed by atoms with Gasteiger partial charge in [0.1, 0.15) is 0 Å². The van der Waals surface area contributed by atoms with E-state index in [9.17, 15) is 0 Å². The lowest BCUT2D eigenvalue weighted by molar-refractivity contribution is 0.258. The van der Waals surface area contributed by atoms with Gasteiger partial charge in [-0.25, -0.2) is 0 Å². The Morgan fingerprint density at radius 1 is 0.875 bits per heavy atom. The molecule has 0 aliphatic carbocycles. The van der Waals surface area contributed by atoms with Crippen molar-refractivity contribution in [3.05, 3.63) is 0 Å². The second-order valence-corrected chi connectivity index (χ2v) is 5.63. The molecule has 0 N–H and O–H groups in total. The molecule has 0 saturated carbocycles. The molecular formula is C15H33N. The van der Waals surface area contributed by atoms with E-state index in [0.29, 0.717) is 0 Å². The van der Waals surface area contributed by atoms with E-state index < -0.39 is 0 Å². The third-order valence-electron chi connectivity index (χ3n) is 3.59. The van der Waals surface area contributed by atoms with E-state index in [2.05, 4.69) is 39.5 Å². The molecule has 0 rings (SSSR count). The van der Waals surface area contributed by atoms with E-state index >= 15 is 0 Å². The molecule has 1 nitrogen and oxygen atoms in total. The highest BCUT2D eigenvalue weighted by Gasteiger charge is 2.05. The molecule has 98 valence electrons. The first-order valence-electron chi connectivity index (χ1n) is 7.32. The molecule has 0 saturated heterocycles. The molecule has 1 unspecified atom stereocenters. The van der Waals surface area contributed by atoms with Crippen molar-refractivity contribution in [1.82, 2.24) is 4.90 Å². The Kier molecular flexibility index (Phi) is 10.1. The first-order chi connectivity index (χ1) is 7.60. The van der Waals surface area contributed by atoms with Crippen molar-refractivity contribution < 1.29 is 0 Å². The van der Waals surface area contributed by atoms with Gasteiger partial charge < -0.3 is 4.90 Å². The van der Waals surface area contributed by atoms with Gasteiger partial charge in [0.15, 0.2) is 0 Å². The smallest absolute Gasteiger partial charge is 0.00163 e. The summed E-state index contributed by atoms with van der Waals surface area (Å²) in [7, 11) is 0. The highest BCUT2D eigenvalue weighted by atomic mass is 15.1. The normalized spacial score (nSPS) is 13.7. The van der Waals surface area contributed by atoms with Crippen LogP contribution in [0.5, 0.6) is 0 Å². The van der Waals surface area contributed by atoms with E-state index in [-0.39, 0.29) is 0 Å². The summed E-state index contributed by atoms with van der Waals surface area (Å²) in [5, 5.41) is 0. The summed E-state index contributed by atoms with van der Waals surface area (Å²) in [5.74, 6) is 1.76. The van der Waals surface area contributed by atoms with Crippen molar-refractivity contribution in [2.45, 2.75) is 66.7 Å². The van der Waals surface area contributed by atoms with Gasteiger partial charge in [0.05, 0.1) is 0 Å². The summed E-state index contributed by atoms with van der Waals surface area (Å²) < 4.78 is 0. The Balaban J connectivity index is 3.51. The van der Waals surface area contributed by atoms with Crippen LogP contribution in [-0.4, -0.2) is 24.5 Å². The third-order valence-corrected chi connectivity index (χ3v) is 3.59. The molecule has 0 aromatic heterocycles. The largest absolute Gasteiger partial charge is 0.304 e. The maximum absolute atomic E-state index is 2.62. The predicted octanol–water partition coefficient (Wildman–Crippen LogP) is 4.57. The highest BCUT2D eigenvalue weighted by Crippen LogP contribution is 2.10. The molecule has 0 spiro atoms. The fraction of sp³-hybridized carbons (Fsp3) is 1.00. The standard InChI is InChI=1S/C15H33N/c1-6-15(5)11-13-16(7-2)12-9-8-10-14(3)4/h14-15H,6-13H2,1-5H3. The third kappa shape index (κ3) is 9.21. The van der Waals surface area contributed by atoms with Gasteiger partial charge in [-0.1, -0.05) is 53.9 Å². The molecule has 1 heteroatoms. The van der Waals surface area contributed by atoms with E-state index in [4.69, 9.17) is 0 Å². The maximum atomic E-state index is 2.62. The predicted molar refractivity (Wildman–Crippen MR) is 74.9 cm³/mol. The van der Waals surface area contributed by atoms with E-state index in [1.54, 1.807) is 0 Å². The van der Waals surface area contributed by atoms with Crippen molar-refractivity contribution in [2.75, 3.05) is 19.6 Å². The SMILES string of the molecule is CCC(C)CCN(CC)CCCCC(C)C. The Bertz CT molecular complexity index is 142. The molecule has 1 atom stereocenters. The van der Waals surface area contributed by atoms with Gasteiger partial charge in [-0.3, -0.25) is 0 Å². The first kappa shape index (κ1) is 16.0. The summed E-state index contributed by atoms with van der Waals surface area (Å²) in [6.07, 6.45) is 6.87. The molecule has 0 fully saturated rings. The summed E-state index contributed by atoms with van der Waals surface area (Å²) in [5.41, 5.74) is 0. The molecular weight excluding hydrogens is 194 g/mol. The molecule has 0 aromatic carbocycles. The monoisotopic (exact) mass is 227 g/mol. The van der Waals surface area contributed by atoms with Crippen LogP contribution in [0.1, 0.15) is 66.7 Å². The Morgan fingerprint density at radius 3 is 2.06 bits per heavy atom. The quantitative estimate of drug-likeness (QED) is 0.494. The maximum Gasteiger partial charge on any atom is -0.00163 e. The Morgan fingerprint density at radius 2 is 1.56 bits per heavy atom. The van der Waals surface area contributed by atoms with Crippen molar-refractivity contribution in [3.63, 3.8) is 0 Å². The van der Waals surface area contributed by atoms with Gasteiger partial charge >= 0.3 is 0 Å². The number of hydrogen-bond donors (Lipinski definition) is 0. The van der Waals surface area contributed by atoms with Gasteiger partial charge in [0, 0.05) is 0 Å². The van der Waals surface area contributed by atoms with Gasteiger partial charge in [0.2, 0.25) is 0 Å². The fourth-order valence-electron chi connectivity index (χ4n) is 1.92.